The first kappa shape index (κ1) is 9.97. The molecule has 0 saturated carbocycles. The highest BCUT2D eigenvalue weighted by Gasteiger charge is 2.24. The summed E-state index contributed by atoms with van der Waals surface area (Å²) >= 11 is 4.36. The average Bonchev–Trinajstić information content (AvgIpc) is 2.17. The molecular weight excluding hydrogens is 196 g/mol. The van der Waals surface area contributed by atoms with Gasteiger partial charge in [-0.05, 0) is 18.9 Å². The van der Waals surface area contributed by atoms with Crippen LogP contribution in [0.15, 0.2) is 23.7 Å². The molecular formula is C11H16O2S. The fourth-order valence-electron chi connectivity index (χ4n) is 1.78. The van der Waals surface area contributed by atoms with Crippen molar-refractivity contribution in [2.24, 2.45) is 0 Å². The van der Waals surface area contributed by atoms with Crippen LogP contribution in [0.5, 0.6) is 0 Å². The largest absolute Gasteiger partial charge is 0.487 e. The highest BCUT2D eigenvalue weighted by molar-refractivity contribution is 7.80. The van der Waals surface area contributed by atoms with E-state index in [9.17, 15) is 0 Å². The topological polar surface area (TPSA) is 18.5 Å². The summed E-state index contributed by atoms with van der Waals surface area (Å²) in [6.07, 6.45) is 7.31. The molecule has 2 unspecified atom stereocenters. The van der Waals surface area contributed by atoms with Crippen LogP contribution in [0.2, 0.25) is 0 Å². The van der Waals surface area contributed by atoms with E-state index in [0.717, 1.165) is 30.8 Å². The Morgan fingerprint density at radius 1 is 1.64 bits per heavy atom. The zero-order valence-corrected chi connectivity index (χ0v) is 9.30. The standard InChI is InChI=1S/C11H16O2S/c1-8(14)6-9-7-12-10-4-2-3-5-11(10)13-9/h2,4,8-9,14H,3,5-7H2,1H3. The van der Waals surface area contributed by atoms with Crippen LogP contribution in [0.25, 0.3) is 0 Å². The Kier molecular flexibility index (Phi) is 3.06. The minimum atomic E-state index is 0.188. The molecule has 78 valence electrons. The molecule has 2 rings (SSSR count). The Morgan fingerprint density at radius 2 is 2.50 bits per heavy atom. The summed E-state index contributed by atoms with van der Waals surface area (Å²) in [4.78, 5) is 0. The molecule has 2 atom stereocenters. The summed E-state index contributed by atoms with van der Waals surface area (Å²) in [5.41, 5.74) is 0. The number of hydrogen-bond donors (Lipinski definition) is 1. The molecule has 0 radical (unpaired) electrons. The first-order chi connectivity index (χ1) is 6.75. The predicted octanol–water partition coefficient (Wildman–Crippen LogP) is 2.67. The zero-order chi connectivity index (χ0) is 9.97. The molecule has 3 heteroatoms. The fraction of sp³-hybridized carbons (Fsp3) is 0.636. The van der Waals surface area contributed by atoms with Crippen molar-refractivity contribution in [3.05, 3.63) is 23.7 Å². The van der Waals surface area contributed by atoms with Gasteiger partial charge in [-0.3, -0.25) is 0 Å². The smallest absolute Gasteiger partial charge is 0.156 e. The maximum Gasteiger partial charge on any atom is 0.156 e. The fourth-order valence-corrected chi connectivity index (χ4v) is 2.02. The molecule has 0 bridgehead atoms. The zero-order valence-electron chi connectivity index (χ0n) is 8.40. The molecule has 0 saturated heterocycles. The quantitative estimate of drug-likeness (QED) is 0.709. The normalized spacial score (nSPS) is 27.7. The molecule has 2 nitrogen and oxygen atoms in total. The van der Waals surface area contributed by atoms with E-state index in [1.807, 2.05) is 6.08 Å². The lowest BCUT2D eigenvalue weighted by atomic mass is 10.1. The van der Waals surface area contributed by atoms with Gasteiger partial charge in [0, 0.05) is 11.7 Å². The maximum atomic E-state index is 5.86. The SMILES string of the molecule is CC(S)CC1COC2=C(CCC=C2)O1. The minimum Gasteiger partial charge on any atom is -0.487 e. The second-order valence-corrected chi connectivity index (χ2v) is 4.75. The monoisotopic (exact) mass is 212 g/mol. The van der Waals surface area contributed by atoms with E-state index in [4.69, 9.17) is 9.47 Å². The van der Waals surface area contributed by atoms with Gasteiger partial charge in [-0.15, -0.1) is 0 Å². The summed E-state index contributed by atoms with van der Waals surface area (Å²) in [5, 5.41) is 0.366. The molecule has 0 aromatic heterocycles. The Labute approximate surface area is 90.4 Å². The highest BCUT2D eigenvalue weighted by Crippen LogP contribution is 2.28. The molecule has 0 spiro atoms. The van der Waals surface area contributed by atoms with Gasteiger partial charge in [0.15, 0.2) is 5.76 Å². The molecule has 0 amide bonds. The van der Waals surface area contributed by atoms with Crippen LogP contribution in [0, 0.1) is 0 Å². The third-order valence-corrected chi connectivity index (χ3v) is 2.63. The van der Waals surface area contributed by atoms with Crippen molar-refractivity contribution >= 4 is 12.6 Å². The first-order valence-corrected chi connectivity index (χ1v) is 5.64. The lowest BCUT2D eigenvalue weighted by Gasteiger charge is -2.30. The Balaban J connectivity index is 1.98. The molecule has 14 heavy (non-hydrogen) atoms. The van der Waals surface area contributed by atoms with Crippen molar-refractivity contribution < 1.29 is 9.47 Å². The van der Waals surface area contributed by atoms with Crippen LogP contribution < -0.4 is 0 Å². The van der Waals surface area contributed by atoms with Crippen LogP contribution >= 0.6 is 12.6 Å². The molecule has 0 fully saturated rings. The molecule has 2 aliphatic rings. The summed E-state index contributed by atoms with van der Waals surface area (Å²) in [6, 6.07) is 0. The van der Waals surface area contributed by atoms with Crippen LogP contribution in [0.3, 0.4) is 0 Å². The van der Waals surface area contributed by atoms with Crippen LogP contribution in [-0.4, -0.2) is 18.0 Å². The van der Waals surface area contributed by atoms with Crippen molar-refractivity contribution in [1.82, 2.24) is 0 Å². The predicted molar refractivity (Wildman–Crippen MR) is 59.3 cm³/mol. The Hall–Kier alpha value is -0.570. The molecule has 0 aromatic carbocycles. The summed E-state index contributed by atoms with van der Waals surface area (Å²) in [6.45, 7) is 2.74. The highest BCUT2D eigenvalue weighted by atomic mass is 32.1. The maximum absolute atomic E-state index is 5.86. The molecule has 0 N–H and O–H groups in total. The molecule has 1 aliphatic heterocycles. The van der Waals surface area contributed by atoms with Gasteiger partial charge < -0.3 is 9.47 Å². The number of hydrogen-bond acceptors (Lipinski definition) is 3. The lowest BCUT2D eigenvalue weighted by Crippen LogP contribution is -2.27. The molecule has 1 aliphatic carbocycles. The van der Waals surface area contributed by atoms with Gasteiger partial charge in [-0.25, -0.2) is 0 Å². The van der Waals surface area contributed by atoms with Gasteiger partial charge in [0.05, 0.1) is 0 Å². The Morgan fingerprint density at radius 3 is 3.29 bits per heavy atom. The van der Waals surface area contributed by atoms with Crippen molar-refractivity contribution in [1.29, 1.82) is 0 Å². The second kappa shape index (κ2) is 4.30. The number of allylic oxidation sites excluding steroid dienone is 3. The van der Waals surface area contributed by atoms with Crippen molar-refractivity contribution in [3.8, 4) is 0 Å². The molecule has 1 heterocycles. The van der Waals surface area contributed by atoms with Crippen molar-refractivity contribution in [3.63, 3.8) is 0 Å². The minimum absolute atomic E-state index is 0.188. The van der Waals surface area contributed by atoms with E-state index in [2.05, 4.69) is 25.6 Å². The van der Waals surface area contributed by atoms with E-state index in [-0.39, 0.29) is 6.10 Å². The van der Waals surface area contributed by atoms with Crippen LogP contribution in [0.1, 0.15) is 26.2 Å². The third-order valence-electron chi connectivity index (χ3n) is 2.42. The second-order valence-electron chi connectivity index (χ2n) is 3.86. The van der Waals surface area contributed by atoms with E-state index < -0.39 is 0 Å². The van der Waals surface area contributed by atoms with Gasteiger partial charge in [0.2, 0.25) is 0 Å². The molecule has 0 aromatic rings. The summed E-state index contributed by atoms with van der Waals surface area (Å²) in [7, 11) is 0. The average molecular weight is 212 g/mol. The lowest BCUT2D eigenvalue weighted by molar-refractivity contribution is -0.00738. The van der Waals surface area contributed by atoms with Crippen molar-refractivity contribution in [2.75, 3.05) is 6.61 Å². The summed E-state index contributed by atoms with van der Waals surface area (Å²) < 4.78 is 11.5. The first-order valence-electron chi connectivity index (χ1n) is 5.13. The van der Waals surface area contributed by atoms with Crippen LogP contribution in [0.4, 0.5) is 0 Å². The van der Waals surface area contributed by atoms with Gasteiger partial charge in [0.1, 0.15) is 18.5 Å². The Bertz CT molecular complexity index is 268. The number of thiol groups is 1. The van der Waals surface area contributed by atoms with E-state index in [0.29, 0.717) is 11.9 Å². The third kappa shape index (κ3) is 2.27. The van der Waals surface area contributed by atoms with E-state index >= 15 is 0 Å². The summed E-state index contributed by atoms with van der Waals surface area (Å²) in [5.74, 6) is 1.96. The van der Waals surface area contributed by atoms with Gasteiger partial charge in [0.25, 0.3) is 0 Å². The van der Waals surface area contributed by atoms with Gasteiger partial charge >= 0.3 is 0 Å². The van der Waals surface area contributed by atoms with E-state index in [1.165, 1.54) is 0 Å². The van der Waals surface area contributed by atoms with Gasteiger partial charge in [-0.1, -0.05) is 13.0 Å². The van der Waals surface area contributed by atoms with Gasteiger partial charge in [-0.2, -0.15) is 12.6 Å². The number of ether oxygens (including phenoxy) is 2. The van der Waals surface area contributed by atoms with Crippen LogP contribution in [-0.2, 0) is 9.47 Å². The van der Waals surface area contributed by atoms with E-state index in [1.54, 1.807) is 0 Å². The van der Waals surface area contributed by atoms with Crippen molar-refractivity contribution in [2.45, 2.75) is 37.5 Å². The number of rotatable bonds is 2.